The number of aromatic nitrogens is 1. The quantitative estimate of drug-likeness (QED) is 0.668. The first-order valence-electron chi connectivity index (χ1n) is 5.23. The van der Waals surface area contributed by atoms with Crippen molar-refractivity contribution in [1.82, 2.24) is 4.98 Å². The second-order valence-electron chi connectivity index (χ2n) is 3.84. The summed E-state index contributed by atoms with van der Waals surface area (Å²) < 4.78 is 12.9. The van der Waals surface area contributed by atoms with Crippen molar-refractivity contribution in [2.24, 2.45) is 0 Å². The number of nitrogens with two attached hydrogens (primary N) is 1. The summed E-state index contributed by atoms with van der Waals surface area (Å²) in [5.41, 5.74) is 8.65. The molecule has 0 bridgehead atoms. The second kappa shape index (κ2) is 5.19. The normalized spacial score (nSPS) is 10.5. The van der Waals surface area contributed by atoms with Gasteiger partial charge in [-0.25, -0.2) is 4.39 Å². The fraction of sp³-hybridized carbons (Fsp3) is 0.154. The predicted molar refractivity (Wildman–Crippen MR) is 69.3 cm³/mol. The number of halogens is 1. The van der Waals surface area contributed by atoms with Crippen molar-refractivity contribution in [3.63, 3.8) is 0 Å². The summed E-state index contributed by atoms with van der Waals surface area (Å²) in [6.45, 7) is 2.02. The molecule has 0 spiro atoms. The molecule has 0 aliphatic heterocycles. The average Bonchev–Trinajstić information content (AvgIpc) is 2.30. The van der Waals surface area contributed by atoms with Gasteiger partial charge in [-0.15, -0.1) is 11.8 Å². The first-order valence-corrected chi connectivity index (χ1v) is 6.22. The zero-order chi connectivity index (χ0) is 12.3. The molecular formula is C13H13FN2S. The van der Waals surface area contributed by atoms with Crippen molar-refractivity contribution in [3.05, 3.63) is 53.6 Å². The van der Waals surface area contributed by atoms with Crippen LogP contribution in [0.2, 0.25) is 0 Å². The van der Waals surface area contributed by atoms with E-state index in [0.29, 0.717) is 5.75 Å². The number of nitrogens with zero attached hydrogens (tertiary/aromatic N) is 1. The van der Waals surface area contributed by atoms with Crippen LogP contribution in [-0.2, 0) is 5.75 Å². The molecule has 2 aromatic rings. The van der Waals surface area contributed by atoms with Crippen molar-refractivity contribution >= 4 is 17.4 Å². The standard InChI is InChI=1S/C13H13FN2S/c1-9-2-3-12(15)13(4-9)17-8-10-5-11(14)7-16-6-10/h2-7H,8,15H2,1H3. The van der Waals surface area contributed by atoms with E-state index in [-0.39, 0.29) is 5.82 Å². The predicted octanol–water partition coefficient (Wildman–Crippen LogP) is 3.40. The highest BCUT2D eigenvalue weighted by Gasteiger charge is 2.02. The number of thioether (sulfide) groups is 1. The van der Waals surface area contributed by atoms with Gasteiger partial charge >= 0.3 is 0 Å². The van der Waals surface area contributed by atoms with Crippen LogP contribution in [-0.4, -0.2) is 4.98 Å². The highest BCUT2D eigenvalue weighted by Crippen LogP contribution is 2.28. The van der Waals surface area contributed by atoms with Crippen LogP contribution in [0, 0.1) is 12.7 Å². The van der Waals surface area contributed by atoms with E-state index in [9.17, 15) is 4.39 Å². The van der Waals surface area contributed by atoms with Gasteiger partial charge in [0.2, 0.25) is 0 Å². The Bertz CT molecular complexity index is 529. The molecule has 0 radical (unpaired) electrons. The lowest BCUT2D eigenvalue weighted by molar-refractivity contribution is 0.619. The van der Waals surface area contributed by atoms with E-state index in [4.69, 9.17) is 5.73 Å². The van der Waals surface area contributed by atoms with Crippen molar-refractivity contribution in [3.8, 4) is 0 Å². The van der Waals surface area contributed by atoms with E-state index in [2.05, 4.69) is 4.98 Å². The summed E-state index contributed by atoms with van der Waals surface area (Å²) >= 11 is 1.59. The molecule has 88 valence electrons. The van der Waals surface area contributed by atoms with Crippen LogP contribution in [0.1, 0.15) is 11.1 Å². The number of nitrogen functional groups attached to an aromatic ring is 1. The fourth-order valence-corrected chi connectivity index (χ4v) is 2.45. The van der Waals surface area contributed by atoms with Gasteiger partial charge in [-0.3, -0.25) is 4.98 Å². The zero-order valence-corrected chi connectivity index (χ0v) is 10.3. The zero-order valence-electron chi connectivity index (χ0n) is 9.48. The Balaban J connectivity index is 2.09. The fourth-order valence-electron chi connectivity index (χ4n) is 1.46. The van der Waals surface area contributed by atoms with Gasteiger partial charge in [-0.05, 0) is 36.2 Å². The average molecular weight is 248 g/mol. The monoisotopic (exact) mass is 248 g/mol. The molecule has 0 amide bonds. The molecule has 1 aromatic heterocycles. The summed E-state index contributed by atoms with van der Waals surface area (Å²) in [4.78, 5) is 4.84. The third-order valence-electron chi connectivity index (χ3n) is 2.32. The Hall–Kier alpha value is -1.55. The van der Waals surface area contributed by atoms with Gasteiger partial charge in [-0.2, -0.15) is 0 Å². The van der Waals surface area contributed by atoms with Crippen molar-refractivity contribution in [2.75, 3.05) is 5.73 Å². The molecule has 0 saturated heterocycles. The second-order valence-corrected chi connectivity index (χ2v) is 4.86. The maximum atomic E-state index is 12.9. The minimum absolute atomic E-state index is 0.305. The SMILES string of the molecule is Cc1ccc(N)c(SCc2cncc(F)c2)c1. The minimum Gasteiger partial charge on any atom is -0.398 e. The number of aryl methyl sites for hydroxylation is 1. The lowest BCUT2D eigenvalue weighted by Crippen LogP contribution is -1.90. The highest BCUT2D eigenvalue weighted by atomic mass is 32.2. The van der Waals surface area contributed by atoms with Gasteiger partial charge in [0, 0.05) is 22.5 Å². The summed E-state index contributed by atoms with van der Waals surface area (Å²) in [5.74, 6) is 0.360. The molecule has 1 heterocycles. The first kappa shape index (κ1) is 11.9. The van der Waals surface area contributed by atoms with Crippen LogP contribution in [0.15, 0.2) is 41.6 Å². The van der Waals surface area contributed by atoms with Crippen LogP contribution in [0.3, 0.4) is 0 Å². The van der Waals surface area contributed by atoms with E-state index >= 15 is 0 Å². The summed E-state index contributed by atoms with van der Waals surface area (Å²) in [5, 5.41) is 0. The lowest BCUT2D eigenvalue weighted by atomic mass is 10.2. The van der Waals surface area contributed by atoms with Gasteiger partial charge in [0.25, 0.3) is 0 Å². The molecule has 2 N–H and O–H groups in total. The molecule has 0 fully saturated rings. The van der Waals surface area contributed by atoms with Crippen LogP contribution < -0.4 is 5.73 Å². The van der Waals surface area contributed by atoms with Crippen LogP contribution >= 0.6 is 11.8 Å². The Morgan fingerprint density at radius 3 is 2.88 bits per heavy atom. The molecule has 0 saturated carbocycles. The van der Waals surface area contributed by atoms with Gasteiger partial charge < -0.3 is 5.73 Å². The first-order chi connectivity index (χ1) is 8.15. The van der Waals surface area contributed by atoms with Gasteiger partial charge in [0.15, 0.2) is 0 Å². The van der Waals surface area contributed by atoms with E-state index in [1.807, 2.05) is 25.1 Å². The third-order valence-corrected chi connectivity index (χ3v) is 3.47. The van der Waals surface area contributed by atoms with Crippen molar-refractivity contribution in [1.29, 1.82) is 0 Å². The van der Waals surface area contributed by atoms with Gasteiger partial charge in [0.05, 0.1) is 6.20 Å². The highest BCUT2D eigenvalue weighted by molar-refractivity contribution is 7.98. The molecule has 0 atom stereocenters. The molecule has 1 aromatic carbocycles. The lowest BCUT2D eigenvalue weighted by Gasteiger charge is -2.06. The molecular weight excluding hydrogens is 235 g/mol. The smallest absolute Gasteiger partial charge is 0.141 e. The molecule has 0 unspecified atom stereocenters. The Labute approximate surface area is 104 Å². The van der Waals surface area contributed by atoms with Crippen molar-refractivity contribution in [2.45, 2.75) is 17.6 Å². The third kappa shape index (κ3) is 3.20. The summed E-state index contributed by atoms with van der Waals surface area (Å²) in [6, 6.07) is 7.39. The number of rotatable bonds is 3. The van der Waals surface area contributed by atoms with E-state index < -0.39 is 0 Å². The topological polar surface area (TPSA) is 38.9 Å². The van der Waals surface area contributed by atoms with E-state index in [0.717, 1.165) is 16.1 Å². The molecule has 0 aliphatic rings. The van der Waals surface area contributed by atoms with Gasteiger partial charge in [-0.1, -0.05) is 6.07 Å². The Kier molecular flexibility index (Phi) is 3.64. The van der Waals surface area contributed by atoms with Crippen molar-refractivity contribution < 1.29 is 4.39 Å². The van der Waals surface area contributed by atoms with Crippen LogP contribution in [0.25, 0.3) is 0 Å². The molecule has 17 heavy (non-hydrogen) atoms. The molecule has 2 rings (SSSR count). The van der Waals surface area contributed by atoms with Gasteiger partial charge in [0.1, 0.15) is 5.82 Å². The summed E-state index contributed by atoms with van der Waals surface area (Å²) in [6.07, 6.45) is 2.87. The molecule has 2 nitrogen and oxygen atoms in total. The number of benzene rings is 1. The molecule has 4 heteroatoms. The maximum absolute atomic E-state index is 12.9. The number of hydrogen-bond acceptors (Lipinski definition) is 3. The Morgan fingerprint density at radius 1 is 1.29 bits per heavy atom. The Morgan fingerprint density at radius 2 is 2.12 bits per heavy atom. The van der Waals surface area contributed by atoms with E-state index in [1.165, 1.54) is 17.8 Å². The summed E-state index contributed by atoms with van der Waals surface area (Å²) in [7, 11) is 0. The number of pyridine rings is 1. The maximum Gasteiger partial charge on any atom is 0.141 e. The van der Waals surface area contributed by atoms with Crippen LogP contribution in [0.4, 0.5) is 10.1 Å². The largest absolute Gasteiger partial charge is 0.398 e. The van der Waals surface area contributed by atoms with E-state index in [1.54, 1.807) is 18.0 Å². The molecule has 0 aliphatic carbocycles. The van der Waals surface area contributed by atoms with Crippen LogP contribution in [0.5, 0.6) is 0 Å². The number of anilines is 1. The minimum atomic E-state index is -0.305. The number of hydrogen-bond donors (Lipinski definition) is 1.